The third-order valence-electron chi connectivity index (χ3n) is 9.95. The summed E-state index contributed by atoms with van der Waals surface area (Å²) in [5.74, 6) is -0.735. The number of carbonyl (C=O) groups is 4. The minimum Gasteiger partial charge on any atom is -0.464 e. The second-order valence-corrected chi connectivity index (χ2v) is 19.0. The number of nitrogens with zero attached hydrogens (tertiary/aromatic N) is 7. The third-order valence-corrected chi connectivity index (χ3v) is 10.9. The Morgan fingerprint density at radius 2 is 1.25 bits per heavy atom. The van der Waals surface area contributed by atoms with Crippen LogP contribution in [0.2, 0.25) is 0 Å². The molecule has 65 heavy (non-hydrogen) atoms. The van der Waals surface area contributed by atoms with E-state index < -0.39 is 30.3 Å². The summed E-state index contributed by atoms with van der Waals surface area (Å²) in [6.07, 6.45) is 2.86. The molecule has 0 atom stereocenters. The SMILES string of the molecule is COC(=O)c1[nH]nc2ncc(C3CN(C(=O)OC(C)(C)C)C3)cc12.COC(=O)c1nn(-c2cccc(Br)c2)c2ncc(C3CN(C(=O)OC(C)(C)C)C3)cc12.OB(O)c1cccc(Br)c1. The lowest BCUT2D eigenvalue weighted by atomic mass is 9.81. The molecule has 6 aromatic rings. The first-order valence-electron chi connectivity index (χ1n) is 20.4. The van der Waals surface area contributed by atoms with Gasteiger partial charge in [0.1, 0.15) is 11.2 Å². The molecule has 21 heteroatoms. The number of H-pyrrole nitrogens is 1. The first kappa shape index (κ1) is 48.6. The van der Waals surface area contributed by atoms with Gasteiger partial charge in [-0.15, -0.1) is 0 Å². The smallest absolute Gasteiger partial charge is 0.464 e. The number of rotatable bonds is 6. The third kappa shape index (κ3) is 12.1. The number of hydrogen-bond donors (Lipinski definition) is 3. The Balaban J connectivity index is 0.000000182. The Morgan fingerprint density at radius 3 is 1.74 bits per heavy atom. The number of methoxy groups -OCH3 is 2. The molecule has 2 fully saturated rings. The molecule has 0 radical (unpaired) electrons. The maximum Gasteiger partial charge on any atom is 0.488 e. The highest BCUT2D eigenvalue weighted by molar-refractivity contribution is 9.10. The molecule has 0 saturated carbocycles. The van der Waals surface area contributed by atoms with Crippen molar-refractivity contribution in [2.24, 2.45) is 0 Å². The number of benzene rings is 2. The second-order valence-electron chi connectivity index (χ2n) is 17.2. The van der Waals surface area contributed by atoms with Crippen LogP contribution in [0.4, 0.5) is 9.59 Å². The summed E-state index contributed by atoms with van der Waals surface area (Å²) in [5.41, 5.74) is 3.63. The van der Waals surface area contributed by atoms with Crippen LogP contribution in [-0.4, -0.2) is 133 Å². The fourth-order valence-corrected chi connectivity index (χ4v) is 7.47. The van der Waals surface area contributed by atoms with E-state index in [1.807, 2.05) is 84.0 Å². The van der Waals surface area contributed by atoms with Crippen LogP contribution in [0.25, 0.3) is 27.8 Å². The number of amides is 2. The molecule has 0 spiro atoms. The van der Waals surface area contributed by atoms with Crippen LogP contribution in [-0.2, 0) is 18.9 Å². The topological polar surface area (TPSA) is 224 Å². The van der Waals surface area contributed by atoms with Crippen LogP contribution in [0, 0.1) is 0 Å². The number of halogens is 2. The number of carbonyl (C=O) groups excluding carboxylic acids is 4. The Hall–Kier alpha value is -5.90. The molecule has 2 saturated heterocycles. The van der Waals surface area contributed by atoms with Gasteiger partial charge in [0.2, 0.25) is 0 Å². The van der Waals surface area contributed by atoms with E-state index in [4.69, 9.17) is 29.0 Å². The van der Waals surface area contributed by atoms with E-state index in [9.17, 15) is 19.2 Å². The van der Waals surface area contributed by atoms with E-state index in [0.29, 0.717) is 53.7 Å². The zero-order valence-electron chi connectivity index (χ0n) is 37.0. The Labute approximate surface area is 392 Å². The van der Waals surface area contributed by atoms with Crippen molar-refractivity contribution in [1.29, 1.82) is 0 Å². The maximum absolute atomic E-state index is 12.4. The van der Waals surface area contributed by atoms with Crippen molar-refractivity contribution in [3.05, 3.63) is 105 Å². The van der Waals surface area contributed by atoms with Gasteiger partial charge in [0.25, 0.3) is 0 Å². The van der Waals surface area contributed by atoms with Gasteiger partial charge < -0.3 is 38.8 Å². The molecule has 2 amide bonds. The molecule has 2 aliphatic rings. The fourth-order valence-electron chi connectivity index (χ4n) is 6.67. The van der Waals surface area contributed by atoms with Crippen molar-refractivity contribution < 1.29 is 48.2 Å². The number of fused-ring (bicyclic) bond motifs is 2. The minimum atomic E-state index is -1.38. The van der Waals surface area contributed by atoms with Crippen LogP contribution < -0.4 is 5.46 Å². The number of pyridine rings is 2. The normalized spacial score (nSPS) is 14.0. The van der Waals surface area contributed by atoms with Gasteiger partial charge in [0.05, 0.1) is 30.7 Å². The van der Waals surface area contributed by atoms with Crippen LogP contribution in [0.3, 0.4) is 0 Å². The quantitative estimate of drug-likeness (QED) is 0.0919. The van der Waals surface area contributed by atoms with Crippen molar-refractivity contribution in [3.63, 3.8) is 0 Å². The first-order chi connectivity index (χ1) is 30.6. The summed E-state index contributed by atoms with van der Waals surface area (Å²) >= 11 is 6.67. The zero-order valence-corrected chi connectivity index (χ0v) is 40.2. The van der Waals surface area contributed by atoms with E-state index in [1.165, 1.54) is 14.2 Å². The van der Waals surface area contributed by atoms with Gasteiger partial charge in [-0.2, -0.15) is 10.2 Å². The summed E-state index contributed by atoms with van der Waals surface area (Å²) in [7, 11) is 1.27. The van der Waals surface area contributed by atoms with Crippen LogP contribution in [0.15, 0.2) is 82.0 Å². The van der Waals surface area contributed by atoms with Gasteiger partial charge in [-0.25, -0.2) is 33.8 Å². The van der Waals surface area contributed by atoms with E-state index in [2.05, 4.69) is 57.1 Å². The highest BCUT2D eigenvalue weighted by Crippen LogP contribution is 2.33. The first-order valence-corrected chi connectivity index (χ1v) is 22.0. The number of esters is 2. The Kier molecular flexibility index (Phi) is 15.0. The van der Waals surface area contributed by atoms with Crippen LogP contribution in [0.5, 0.6) is 0 Å². The number of aromatic nitrogens is 6. The van der Waals surface area contributed by atoms with Crippen molar-refractivity contribution >= 4 is 90.6 Å². The Morgan fingerprint density at radius 1 is 0.723 bits per heavy atom. The van der Waals surface area contributed by atoms with Crippen molar-refractivity contribution in [2.75, 3.05) is 40.4 Å². The van der Waals surface area contributed by atoms with E-state index in [1.54, 1.807) is 45.1 Å². The fraction of sp³-hybridized carbons (Fsp3) is 0.364. The molecular formula is C44H49BBr2N8O10. The van der Waals surface area contributed by atoms with Crippen molar-refractivity contribution in [2.45, 2.75) is 64.6 Å². The molecule has 0 bridgehead atoms. The standard InChI is InChI=1S/C22H23BrN4O4.C16H20N4O4.C6H6BBrO2/c1-22(2,3)31-21(29)26-11-14(12-26)13-8-17-18(20(28)30-4)25-27(19(17)24-10-13)16-7-5-6-15(23)9-16;1-16(2,3)24-15(22)20-7-10(8-20)9-5-11-12(14(21)23-4)18-19-13(11)17-6-9;8-6-3-1-2-5(4-6)7(9)10/h5-10,14H,11-12H2,1-4H3;5-6,10H,7-8H2,1-4H3,(H,17,18,19);1-4,9-10H. The molecule has 18 nitrogen and oxygen atoms in total. The number of hydrogen-bond acceptors (Lipinski definition) is 14. The van der Waals surface area contributed by atoms with E-state index in [0.717, 1.165) is 25.8 Å². The molecule has 342 valence electrons. The van der Waals surface area contributed by atoms with Gasteiger partial charge in [0.15, 0.2) is 22.7 Å². The van der Waals surface area contributed by atoms with Gasteiger partial charge in [0, 0.05) is 59.4 Å². The molecule has 4 aromatic heterocycles. The predicted molar refractivity (Wildman–Crippen MR) is 248 cm³/mol. The molecule has 0 aliphatic carbocycles. The number of aromatic amines is 1. The van der Waals surface area contributed by atoms with E-state index in [-0.39, 0.29) is 35.4 Å². The van der Waals surface area contributed by atoms with Gasteiger partial charge >= 0.3 is 31.2 Å². The van der Waals surface area contributed by atoms with Crippen LogP contribution in [0.1, 0.15) is 85.5 Å². The van der Waals surface area contributed by atoms with E-state index >= 15 is 0 Å². The second kappa shape index (κ2) is 20.1. The molecule has 0 unspecified atom stereocenters. The summed E-state index contributed by atoms with van der Waals surface area (Å²) < 4.78 is 23.8. The zero-order chi connectivity index (χ0) is 47.4. The van der Waals surface area contributed by atoms with Crippen LogP contribution >= 0.6 is 31.9 Å². The largest absolute Gasteiger partial charge is 0.488 e. The summed E-state index contributed by atoms with van der Waals surface area (Å²) in [6.45, 7) is 13.3. The predicted octanol–water partition coefficient (Wildman–Crippen LogP) is 6.51. The molecule has 6 heterocycles. The van der Waals surface area contributed by atoms with Crippen molar-refractivity contribution in [1.82, 2.24) is 39.7 Å². The number of likely N-dealkylation sites (tertiary alicyclic amines) is 2. The molecule has 2 aliphatic heterocycles. The Bertz CT molecular complexity index is 2700. The van der Waals surface area contributed by atoms with Gasteiger partial charge in [-0.1, -0.05) is 50.1 Å². The molecule has 8 rings (SSSR count). The van der Waals surface area contributed by atoms with Crippen molar-refractivity contribution in [3.8, 4) is 5.69 Å². The summed E-state index contributed by atoms with van der Waals surface area (Å²) in [4.78, 5) is 60.5. The number of ether oxygens (including phenoxy) is 4. The summed E-state index contributed by atoms with van der Waals surface area (Å²) in [5, 5.41) is 29.7. The average Bonchev–Trinajstić information content (AvgIpc) is 3.80. The number of nitrogens with one attached hydrogen (secondary N) is 1. The molecule has 3 N–H and O–H groups in total. The monoisotopic (exact) mass is 1020 g/mol. The van der Waals surface area contributed by atoms with Gasteiger partial charge in [-0.3, -0.25) is 5.10 Å². The lowest BCUT2D eigenvalue weighted by Crippen LogP contribution is -2.50. The highest BCUT2D eigenvalue weighted by Gasteiger charge is 2.37. The minimum absolute atomic E-state index is 0.115. The lowest BCUT2D eigenvalue weighted by molar-refractivity contribution is 0.00726. The summed E-state index contributed by atoms with van der Waals surface area (Å²) in [6, 6.07) is 18.2. The highest BCUT2D eigenvalue weighted by atomic mass is 79.9. The van der Waals surface area contributed by atoms with Gasteiger partial charge in [-0.05, 0) is 101 Å². The lowest BCUT2D eigenvalue weighted by Gasteiger charge is -2.39. The maximum atomic E-state index is 12.4. The molecular weight excluding hydrogens is 971 g/mol. The molecule has 2 aromatic carbocycles. The average molecular weight is 1020 g/mol.